The van der Waals surface area contributed by atoms with Gasteiger partial charge in [-0.25, -0.2) is 0 Å². The van der Waals surface area contributed by atoms with Crippen molar-refractivity contribution in [2.24, 2.45) is 11.8 Å². The Labute approximate surface area is 186 Å². The van der Waals surface area contributed by atoms with E-state index in [4.69, 9.17) is 4.42 Å². The molecule has 2 aromatic carbocycles. The molecule has 0 spiro atoms. The number of carbonyl (C=O) groups is 1. The third kappa shape index (κ3) is 3.32. The molecule has 6 heteroatoms. The highest BCUT2D eigenvalue weighted by atomic mass is 16.4. The Kier molecular flexibility index (Phi) is 4.45. The van der Waals surface area contributed by atoms with Crippen molar-refractivity contribution in [3.05, 3.63) is 78.1 Å². The van der Waals surface area contributed by atoms with Gasteiger partial charge in [0.05, 0.1) is 6.04 Å². The van der Waals surface area contributed by atoms with Crippen LogP contribution in [0, 0.1) is 18.8 Å². The van der Waals surface area contributed by atoms with Crippen LogP contribution in [0.1, 0.15) is 22.5 Å². The maximum atomic E-state index is 13.7. The second-order valence-corrected chi connectivity index (χ2v) is 8.82. The fraction of sp³-hybridized carbons (Fsp3) is 0.269. The number of carbonyl (C=O) groups excluding carboxylic acids is 1. The molecule has 32 heavy (non-hydrogen) atoms. The highest BCUT2D eigenvalue weighted by molar-refractivity contribution is 5.99. The summed E-state index contributed by atoms with van der Waals surface area (Å²) in [5.74, 6) is 1.11. The van der Waals surface area contributed by atoms with E-state index >= 15 is 0 Å². The zero-order valence-electron chi connectivity index (χ0n) is 17.9. The number of pyridine rings is 1. The van der Waals surface area contributed by atoms with Gasteiger partial charge in [-0.05, 0) is 48.9 Å². The summed E-state index contributed by atoms with van der Waals surface area (Å²) in [4.78, 5) is 24.7. The van der Waals surface area contributed by atoms with E-state index in [0.29, 0.717) is 30.1 Å². The zero-order chi connectivity index (χ0) is 21.7. The van der Waals surface area contributed by atoms with E-state index in [9.17, 15) is 4.79 Å². The Morgan fingerprint density at radius 1 is 1.16 bits per heavy atom. The highest BCUT2D eigenvalue weighted by Crippen LogP contribution is 2.50. The van der Waals surface area contributed by atoms with E-state index in [-0.39, 0.29) is 11.9 Å². The minimum absolute atomic E-state index is 0.00123. The van der Waals surface area contributed by atoms with Crippen LogP contribution in [0.15, 0.2) is 71.3 Å². The van der Waals surface area contributed by atoms with Crippen molar-refractivity contribution in [1.82, 2.24) is 14.9 Å². The molecule has 1 saturated carbocycles. The van der Waals surface area contributed by atoms with Crippen LogP contribution in [0.3, 0.4) is 0 Å². The number of anilines is 1. The van der Waals surface area contributed by atoms with Gasteiger partial charge in [0.25, 0.3) is 11.9 Å². The first kappa shape index (κ1) is 19.0. The van der Waals surface area contributed by atoms with Crippen LogP contribution in [0.5, 0.6) is 0 Å². The number of piperidine rings is 1. The van der Waals surface area contributed by atoms with E-state index in [2.05, 4.69) is 34.3 Å². The van der Waals surface area contributed by atoms with Gasteiger partial charge < -0.3 is 14.6 Å². The Hall–Kier alpha value is -3.67. The molecule has 1 aliphatic carbocycles. The van der Waals surface area contributed by atoms with Crippen molar-refractivity contribution >= 4 is 23.0 Å². The number of hydrogen-bond donors (Lipinski definition) is 1. The van der Waals surface area contributed by atoms with Crippen LogP contribution in [-0.4, -0.2) is 39.9 Å². The number of fused-ring (bicyclic) bond motifs is 2. The first-order valence-corrected chi connectivity index (χ1v) is 11.1. The van der Waals surface area contributed by atoms with Crippen LogP contribution in [0.2, 0.25) is 0 Å². The second kappa shape index (κ2) is 7.48. The van der Waals surface area contributed by atoms with E-state index in [1.54, 1.807) is 6.20 Å². The van der Waals surface area contributed by atoms with Crippen molar-refractivity contribution in [2.45, 2.75) is 19.4 Å². The van der Waals surface area contributed by atoms with Gasteiger partial charge in [-0.2, -0.15) is 4.98 Å². The highest BCUT2D eigenvalue weighted by Gasteiger charge is 2.54. The molecular weight excluding hydrogens is 400 g/mol. The van der Waals surface area contributed by atoms with Gasteiger partial charge in [-0.15, -0.1) is 0 Å². The molecule has 6 nitrogen and oxygen atoms in total. The van der Waals surface area contributed by atoms with Crippen LogP contribution >= 0.6 is 0 Å². The normalized spacial score (nSPS) is 21.5. The number of hydrogen-bond acceptors (Lipinski definition) is 5. The Morgan fingerprint density at radius 2 is 2.06 bits per heavy atom. The molecule has 6 rings (SSSR count). The standard InChI is InChI=1S/C26H24N4O2/c1-16-6-4-7-17(12-16)19-8-5-11-27-24(19)25(31)30-15-18-13-20(18)22(30)14-28-26-29-21-9-2-3-10-23(21)32-26/h2-12,18,20,22H,13-15H2,1H3,(H,28,29). The smallest absolute Gasteiger partial charge is 0.295 e. The number of oxazole rings is 1. The SMILES string of the molecule is Cc1cccc(-c2cccnc2C(=O)N2CC3CC3C2CNc2nc3ccccc3o2)c1. The summed E-state index contributed by atoms with van der Waals surface area (Å²) in [6.45, 7) is 3.46. The number of nitrogens with zero attached hydrogens (tertiary/aromatic N) is 3. The van der Waals surface area contributed by atoms with Crippen LogP contribution in [0.4, 0.5) is 6.01 Å². The molecule has 1 amide bonds. The van der Waals surface area contributed by atoms with E-state index < -0.39 is 0 Å². The van der Waals surface area contributed by atoms with Gasteiger partial charge in [-0.3, -0.25) is 9.78 Å². The van der Waals surface area contributed by atoms with E-state index in [1.807, 2.05) is 53.4 Å². The number of likely N-dealkylation sites (tertiary alicyclic amines) is 1. The van der Waals surface area contributed by atoms with Gasteiger partial charge in [-0.1, -0.05) is 48.0 Å². The molecule has 160 valence electrons. The molecule has 0 radical (unpaired) electrons. The lowest BCUT2D eigenvalue weighted by Crippen LogP contribution is -2.43. The lowest BCUT2D eigenvalue weighted by atomic mass is 10.0. The largest absolute Gasteiger partial charge is 0.424 e. The Balaban J connectivity index is 1.25. The predicted molar refractivity (Wildman–Crippen MR) is 123 cm³/mol. The number of para-hydroxylation sites is 2. The van der Waals surface area contributed by atoms with Crippen LogP contribution in [0.25, 0.3) is 22.2 Å². The van der Waals surface area contributed by atoms with Crippen molar-refractivity contribution in [3.8, 4) is 11.1 Å². The van der Waals surface area contributed by atoms with Gasteiger partial charge in [0.15, 0.2) is 5.58 Å². The molecule has 1 N–H and O–H groups in total. The molecule has 4 aromatic rings. The molecule has 3 unspecified atom stereocenters. The van der Waals surface area contributed by atoms with Crippen LogP contribution < -0.4 is 5.32 Å². The summed E-state index contributed by atoms with van der Waals surface area (Å²) in [5, 5.41) is 3.33. The lowest BCUT2D eigenvalue weighted by Gasteiger charge is -2.28. The molecule has 2 fully saturated rings. The van der Waals surface area contributed by atoms with Gasteiger partial charge in [0, 0.05) is 24.8 Å². The second-order valence-electron chi connectivity index (χ2n) is 8.82. The van der Waals surface area contributed by atoms with Crippen molar-refractivity contribution < 1.29 is 9.21 Å². The molecule has 0 bridgehead atoms. The maximum Gasteiger partial charge on any atom is 0.295 e. The summed E-state index contributed by atoms with van der Waals surface area (Å²) < 4.78 is 5.81. The number of aryl methyl sites for hydroxylation is 1. The zero-order valence-corrected chi connectivity index (χ0v) is 17.9. The summed E-state index contributed by atoms with van der Waals surface area (Å²) >= 11 is 0. The monoisotopic (exact) mass is 424 g/mol. The predicted octanol–water partition coefficient (Wildman–Crippen LogP) is 4.77. The first-order valence-electron chi connectivity index (χ1n) is 11.1. The number of aromatic nitrogens is 2. The average molecular weight is 425 g/mol. The lowest BCUT2D eigenvalue weighted by molar-refractivity contribution is 0.0710. The minimum atomic E-state index is -0.00123. The quantitative estimate of drug-likeness (QED) is 0.500. The molecule has 2 aliphatic rings. The number of amides is 1. The number of nitrogens with one attached hydrogen (secondary N) is 1. The van der Waals surface area contributed by atoms with Crippen molar-refractivity contribution in [2.75, 3.05) is 18.4 Å². The third-order valence-electron chi connectivity index (χ3n) is 6.66. The van der Waals surface area contributed by atoms with Gasteiger partial charge in [0.1, 0.15) is 11.2 Å². The Morgan fingerprint density at radius 3 is 2.94 bits per heavy atom. The van der Waals surface area contributed by atoms with Crippen LogP contribution in [-0.2, 0) is 0 Å². The van der Waals surface area contributed by atoms with Crippen molar-refractivity contribution in [1.29, 1.82) is 0 Å². The first-order chi connectivity index (χ1) is 15.7. The van der Waals surface area contributed by atoms with E-state index in [1.165, 1.54) is 6.42 Å². The molecule has 3 atom stereocenters. The fourth-order valence-corrected chi connectivity index (χ4v) is 4.96. The maximum absolute atomic E-state index is 13.7. The molecule has 2 aromatic heterocycles. The summed E-state index contributed by atoms with van der Waals surface area (Å²) in [6, 6.07) is 20.4. The average Bonchev–Trinajstić information content (AvgIpc) is 3.31. The number of benzene rings is 2. The topological polar surface area (TPSA) is 71.3 Å². The summed E-state index contributed by atoms with van der Waals surface area (Å²) in [5.41, 5.74) is 5.17. The summed E-state index contributed by atoms with van der Waals surface area (Å²) in [6.07, 6.45) is 2.88. The van der Waals surface area contributed by atoms with Gasteiger partial charge >= 0.3 is 0 Å². The van der Waals surface area contributed by atoms with E-state index in [0.717, 1.165) is 34.3 Å². The van der Waals surface area contributed by atoms with Gasteiger partial charge in [0.2, 0.25) is 0 Å². The molecule has 3 heterocycles. The molecule has 1 saturated heterocycles. The Bertz CT molecular complexity index is 1280. The number of rotatable bonds is 5. The third-order valence-corrected chi connectivity index (χ3v) is 6.66. The molecular formula is C26H24N4O2. The fourth-order valence-electron chi connectivity index (χ4n) is 4.96. The molecule has 1 aliphatic heterocycles. The summed E-state index contributed by atoms with van der Waals surface area (Å²) in [7, 11) is 0. The van der Waals surface area contributed by atoms with Crippen molar-refractivity contribution in [3.63, 3.8) is 0 Å². The minimum Gasteiger partial charge on any atom is -0.424 e.